The van der Waals surface area contributed by atoms with Gasteiger partial charge in [-0.1, -0.05) is 20.3 Å². The quantitative estimate of drug-likeness (QED) is 0.684. The summed E-state index contributed by atoms with van der Waals surface area (Å²) in [5.74, 6) is 0.938. The van der Waals surface area contributed by atoms with Crippen LogP contribution < -0.4 is 5.32 Å². The lowest BCUT2D eigenvalue weighted by Gasteiger charge is -2.29. The summed E-state index contributed by atoms with van der Waals surface area (Å²) in [6, 6.07) is 0.765. The van der Waals surface area contributed by atoms with Crippen LogP contribution in [0.2, 0.25) is 0 Å². The van der Waals surface area contributed by atoms with Crippen molar-refractivity contribution in [3.05, 3.63) is 0 Å². The number of nitrogens with zero attached hydrogens (tertiary/aromatic N) is 1. The fraction of sp³-hybridized carbons (Fsp3) is 1.00. The van der Waals surface area contributed by atoms with Gasteiger partial charge in [0, 0.05) is 6.04 Å². The van der Waals surface area contributed by atoms with E-state index in [1.165, 1.54) is 58.3 Å². The Balaban J connectivity index is 2.24. The summed E-state index contributed by atoms with van der Waals surface area (Å²) < 4.78 is 0. The minimum absolute atomic E-state index is 0.765. The minimum Gasteiger partial charge on any atom is -0.316 e. The molecular formula is C14H30N2. The van der Waals surface area contributed by atoms with Gasteiger partial charge in [-0.25, -0.2) is 0 Å². The Labute approximate surface area is 102 Å². The zero-order valence-corrected chi connectivity index (χ0v) is 11.5. The van der Waals surface area contributed by atoms with Gasteiger partial charge in [0.15, 0.2) is 0 Å². The molecule has 1 heterocycles. The summed E-state index contributed by atoms with van der Waals surface area (Å²) in [5, 5.41) is 3.46. The predicted molar refractivity (Wildman–Crippen MR) is 71.8 cm³/mol. The maximum absolute atomic E-state index is 3.46. The van der Waals surface area contributed by atoms with Gasteiger partial charge in [-0.05, 0) is 64.7 Å². The van der Waals surface area contributed by atoms with E-state index in [0.717, 1.165) is 12.0 Å². The molecular weight excluding hydrogens is 196 g/mol. The van der Waals surface area contributed by atoms with Crippen LogP contribution in [0.1, 0.15) is 52.9 Å². The molecule has 1 N–H and O–H groups in total. The average Bonchev–Trinajstić information content (AvgIpc) is 2.81. The molecule has 1 aliphatic heterocycles. The van der Waals surface area contributed by atoms with Crippen molar-refractivity contribution in [2.24, 2.45) is 5.92 Å². The van der Waals surface area contributed by atoms with Gasteiger partial charge >= 0.3 is 0 Å². The second kappa shape index (κ2) is 8.08. The van der Waals surface area contributed by atoms with Gasteiger partial charge < -0.3 is 10.2 Å². The van der Waals surface area contributed by atoms with Crippen LogP contribution in [-0.2, 0) is 0 Å². The third-order valence-electron chi connectivity index (χ3n) is 4.00. The van der Waals surface area contributed by atoms with Crippen LogP contribution in [-0.4, -0.2) is 37.1 Å². The Hall–Kier alpha value is -0.0800. The standard InChI is InChI=1S/C14H30N2/c1-4-6-10-16(13(3)5-2)11-8-14-7-9-15-12-14/h13-15H,4-12H2,1-3H3. The van der Waals surface area contributed by atoms with E-state index in [-0.39, 0.29) is 0 Å². The molecule has 0 aromatic rings. The molecule has 2 heteroatoms. The molecule has 1 saturated heterocycles. The number of rotatable bonds is 8. The molecule has 0 saturated carbocycles. The molecule has 0 amide bonds. The maximum atomic E-state index is 3.46. The summed E-state index contributed by atoms with van der Waals surface area (Å²) >= 11 is 0. The highest BCUT2D eigenvalue weighted by Gasteiger charge is 2.17. The lowest BCUT2D eigenvalue weighted by molar-refractivity contribution is 0.188. The van der Waals surface area contributed by atoms with Crippen LogP contribution in [0.25, 0.3) is 0 Å². The Kier molecular flexibility index (Phi) is 7.06. The zero-order chi connectivity index (χ0) is 11.8. The van der Waals surface area contributed by atoms with E-state index in [4.69, 9.17) is 0 Å². The molecule has 1 aliphatic rings. The molecule has 0 bridgehead atoms. The molecule has 16 heavy (non-hydrogen) atoms. The zero-order valence-electron chi connectivity index (χ0n) is 11.5. The normalized spacial score (nSPS) is 22.9. The van der Waals surface area contributed by atoms with E-state index in [1.807, 2.05) is 0 Å². The lowest BCUT2D eigenvalue weighted by atomic mass is 10.0. The Morgan fingerprint density at radius 1 is 1.31 bits per heavy atom. The van der Waals surface area contributed by atoms with E-state index >= 15 is 0 Å². The number of unbranched alkanes of at least 4 members (excludes halogenated alkanes) is 1. The van der Waals surface area contributed by atoms with Crippen molar-refractivity contribution >= 4 is 0 Å². The molecule has 0 aromatic heterocycles. The van der Waals surface area contributed by atoms with E-state index in [9.17, 15) is 0 Å². The Bertz CT molecular complexity index is 164. The largest absolute Gasteiger partial charge is 0.316 e. The second-order valence-electron chi connectivity index (χ2n) is 5.29. The summed E-state index contributed by atoms with van der Waals surface area (Å²) in [4.78, 5) is 2.70. The Morgan fingerprint density at radius 2 is 2.12 bits per heavy atom. The van der Waals surface area contributed by atoms with Gasteiger partial charge in [-0.2, -0.15) is 0 Å². The third kappa shape index (κ3) is 4.84. The van der Waals surface area contributed by atoms with Crippen molar-refractivity contribution in [3.63, 3.8) is 0 Å². The molecule has 0 aromatic carbocycles. The van der Waals surface area contributed by atoms with Crippen LogP contribution in [0.4, 0.5) is 0 Å². The predicted octanol–water partition coefficient (Wildman–Crippen LogP) is 2.89. The summed E-state index contributed by atoms with van der Waals surface area (Å²) in [6.07, 6.45) is 6.74. The minimum atomic E-state index is 0.765. The van der Waals surface area contributed by atoms with Crippen molar-refractivity contribution < 1.29 is 0 Å². The molecule has 0 radical (unpaired) electrons. The van der Waals surface area contributed by atoms with Crippen molar-refractivity contribution in [2.45, 2.75) is 58.9 Å². The third-order valence-corrected chi connectivity index (χ3v) is 4.00. The highest BCUT2D eigenvalue weighted by Crippen LogP contribution is 2.15. The first-order valence-electron chi connectivity index (χ1n) is 7.22. The van der Waals surface area contributed by atoms with Crippen molar-refractivity contribution in [3.8, 4) is 0 Å². The van der Waals surface area contributed by atoms with Crippen molar-refractivity contribution in [2.75, 3.05) is 26.2 Å². The molecule has 2 nitrogen and oxygen atoms in total. The molecule has 0 spiro atoms. The van der Waals surface area contributed by atoms with Crippen LogP contribution in [0.5, 0.6) is 0 Å². The first kappa shape index (κ1) is 14.0. The molecule has 96 valence electrons. The summed E-state index contributed by atoms with van der Waals surface area (Å²) in [6.45, 7) is 12.1. The summed E-state index contributed by atoms with van der Waals surface area (Å²) in [5.41, 5.74) is 0. The Morgan fingerprint density at radius 3 is 2.69 bits per heavy atom. The van der Waals surface area contributed by atoms with Crippen molar-refractivity contribution in [1.29, 1.82) is 0 Å². The van der Waals surface area contributed by atoms with Crippen LogP contribution in [0.3, 0.4) is 0 Å². The van der Waals surface area contributed by atoms with Crippen LogP contribution in [0, 0.1) is 5.92 Å². The van der Waals surface area contributed by atoms with Crippen LogP contribution >= 0.6 is 0 Å². The van der Waals surface area contributed by atoms with E-state index in [0.29, 0.717) is 0 Å². The van der Waals surface area contributed by atoms with Crippen molar-refractivity contribution in [1.82, 2.24) is 10.2 Å². The van der Waals surface area contributed by atoms with Gasteiger partial charge in [0.1, 0.15) is 0 Å². The average molecular weight is 226 g/mol. The van der Waals surface area contributed by atoms with E-state index in [2.05, 4.69) is 31.0 Å². The molecule has 1 fully saturated rings. The second-order valence-corrected chi connectivity index (χ2v) is 5.29. The van der Waals surface area contributed by atoms with E-state index < -0.39 is 0 Å². The SMILES string of the molecule is CCCCN(CCC1CCNC1)C(C)CC. The van der Waals surface area contributed by atoms with Crippen LogP contribution in [0.15, 0.2) is 0 Å². The molecule has 0 aliphatic carbocycles. The summed E-state index contributed by atoms with van der Waals surface area (Å²) in [7, 11) is 0. The number of nitrogens with one attached hydrogen (secondary N) is 1. The monoisotopic (exact) mass is 226 g/mol. The number of hydrogen-bond acceptors (Lipinski definition) is 2. The van der Waals surface area contributed by atoms with Gasteiger partial charge in [0.2, 0.25) is 0 Å². The maximum Gasteiger partial charge on any atom is 0.00643 e. The highest BCUT2D eigenvalue weighted by atomic mass is 15.1. The first-order chi connectivity index (χ1) is 7.77. The fourth-order valence-electron chi connectivity index (χ4n) is 2.48. The molecule has 2 atom stereocenters. The number of hydrogen-bond donors (Lipinski definition) is 1. The molecule has 2 unspecified atom stereocenters. The topological polar surface area (TPSA) is 15.3 Å². The molecule has 1 rings (SSSR count). The lowest BCUT2D eigenvalue weighted by Crippen LogP contribution is -2.35. The first-order valence-corrected chi connectivity index (χ1v) is 7.22. The van der Waals surface area contributed by atoms with Gasteiger partial charge in [0.05, 0.1) is 0 Å². The highest BCUT2D eigenvalue weighted by molar-refractivity contribution is 4.74. The van der Waals surface area contributed by atoms with E-state index in [1.54, 1.807) is 0 Å². The van der Waals surface area contributed by atoms with Gasteiger partial charge in [0.25, 0.3) is 0 Å². The fourth-order valence-corrected chi connectivity index (χ4v) is 2.48. The van der Waals surface area contributed by atoms with Gasteiger partial charge in [-0.15, -0.1) is 0 Å². The smallest absolute Gasteiger partial charge is 0.00643 e. The van der Waals surface area contributed by atoms with Gasteiger partial charge in [-0.3, -0.25) is 0 Å².